The quantitative estimate of drug-likeness (QED) is 0.197. The van der Waals surface area contributed by atoms with Crippen molar-refractivity contribution in [2.45, 2.75) is 19.8 Å². The summed E-state index contributed by atoms with van der Waals surface area (Å²) in [4.78, 5) is 15.6. The first-order valence-electron chi connectivity index (χ1n) is 10.3. The van der Waals surface area contributed by atoms with Crippen molar-refractivity contribution in [2.75, 3.05) is 11.9 Å². The van der Waals surface area contributed by atoms with E-state index in [1.54, 1.807) is 12.1 Å². The van der Waals surface area contributed by atoms with Crippen LogP contribution in [0, 0.1) is 10.1 Å². The van der Waals surface area contributed by atoms with Crippen LogP contribution in [0.4, 0.5) is 17.1 Å². The van der Waals surface area contributed by atoms with Crippen LogP contribution < -0.4 is 10.1 Å². The predicted molar refractivity (Wildman–Crippen MR) is 124 cm³/mol. The number of hydrogen-bond donors (Lipinski definition) is 1. The molecule has 0 unspecified atom stereocenters. The summed E-state index contributed by atoms with van der Waals surface area (Å²) in [7, 11) is 0. The van der Waals surface area contributed by atoms with Crippen molar-refractivity contribution in [3.05, 3.63) is 89.0 Å². The van der Waals surface area contributed by atoms with E-state index in [4.69, 9.17) is 9.72 Å². The van der Waals surface area contributed by atoms with E-state index in [1.807, 2.05) is 60.7 Å². The fourth-order valence-electron chi connectivity index (χ4n) is 3.31. The average molecular weight is 413 g/mol. The SMILES string of the molecule is CCCCOc1ccc(Nc2cc(-c3ccccc3)nc3ccc([N+](=O)[O-])cc23)cc1. The molecule has 0 fully saturated rings. The maximum Gasteiger partial charge on any atom is 0.270 e. The van der Waals surface area contributed by atoms with Gasteiger partial charge in [0, 0.05) is 28.8 Å². The van der Waals surface area contributed by atoms with E-state index in [0.29, 0.717) is 17.5 Å². The third-order valence-electron chi connectivity index (χ3n) is 4.97. The third kappa shape index (κ3) is 4.80. The summed E-state index contributed by atoms with van der Waals surface area (Å²) in [5.41, 5.74) is 4.11. The molecule has 0 bridgehead atoms. The fraction of sp³-hybridized carbons (Fsp3) is 0.160. The molecular weight excluding hydrogens is 390 g/mol. The molecule has 1 N–H and O–H groups in total. The van der Waals surface area contributed by atoms with E-state index in [-0.39, 0.29) is 5.69 Å². The minimum absolute atomic E-state index is 0.0319. The van der Waals surface area contributed by atoms with E-state index in [1.165, 1.54) is 6.07 Å². The second kappa shape index (κ2) is 9.26. The van der Waals surface area contributed by atoms with Crippen molar-refractivity contribution in [1.29, 1.82) is 0 Å². The third-order valence-corrected chi connectivity index (χ3v) is 4.97. The molecule has 6 nitrogen and oxygen atoms in total. The Balaban J connectivity index is 1.71. The first kappa shape index (κ1) is 20.3. The van der Waals surface area contributed by atoms with Crippen LogP contribution in [0.1, 0.15) is 19.8 Å². The Morgan fingerprint density at radius 3 is 2.48 bits per heavy atom. The molecular formula is C25H23N3O3. The van der Waals surface area contributed by atoms with E-state index < -0.39 is 4.92 Å². The number of anilines is 2. The lowest BCUT2D eigenvalue weighted by Gasteiger charge is -2.13. The van der Waals surface area contributed by atoms with Gasteiger partial charge in [-0.1, -0.05) is 43.7 Å². The van der Waals surface area contributed by atoms with Gasteiger partial charge in [0.2, 0.25) is 0 Å². The molecule has 0 spiro atoms. The predicted octanol–water partition coefficient (Wildman–Crippen LogP) is 6.73. The zero-order valence-corrected chi connectivity index (χ0v) is 17.2. The Morgan fingerprint density at radius 2 is 1.77 bits per heavy atom. The standard InChI is InChI=1S/C25H23N3O3/c1-2-3-15-31-21-12-9-19(10-13-21)26-25-17-24(18-7-5-4-6-8-18)27-23-14-11-20(28(29)30)16-22(23)25/h4-14,16-17H,2-3,15H2,1H3,(H,26,27). The number of rotatable bonds is 8. The Kier molecular flexibility index (Phi) is 6.08. The van der Waals surface area contributed by atoms with E-state index >= 15 is 0 Å². The molecule has 3 aromatic carbocycles. The molecule has 0 aliphatic heterocycles. The number of non-ortho nitro benzene ring substituents is 1. The van der Waals surface area contributed by atoms with Crippen LogP contribution in [0.2, 0.25) is 0 Å². The number of nitrogens with zero attached hydrogens (tertiary/aromatic N) is 2. The first-order valence-corrected chi connectivity index (χ1v) is 10.3. The van der Waals surface area contributed by atoms with Gasteiger partial charge in [0.05, 0.1) is 28.4 Å². The van der Waals surface area contributed by atoms with Crippen LogP contribution in [0.5, 0.6) is 5.75 Å². The molecule has 156 valence electrons. The largest absolute Gasteiger partial charge is 0.494 e. The minimum atomic E-state index is -0.392. The lowest BCUT2D eigenvalue weighted by Crippen LogP contribution is -1.98. The summed E-state index contributed by atoms with van der Waals surface area (Å²) in [6.07, 6.45) is 2.11. The topological polar surface area (TPSA) is 77.3 Å². The summed E-state index contributed by atoms with van der Waals surface area (Å²) >= 11 is 0. The minimum Gasteiger partial charge on any atom is -0.494 e. The van der Waals surface area contributed by atoms with Gasteiger partial charge < -0.3 is 10.1 Å². The molecule has 0 atom stereocenters. The van der Waals surface area contributed by atoms with E-state index in [2.05, 4.69) is 12.2 Å². The number of ether oxygens (including phenoxy) is 1. The summed E-state index contributed by atoms with van der Waals surface area (Å²) < 4.78 is 5.73. The Labute approximate surface area is 180 Å². The number of fused-ring (bicyclic) bond motifs is 1. The van der Waals surface area contributed by atoms with Crippen molar-refractivity contribution in [3.8, 4) is 17.0 Å². The van der Waals surface area contributed by atoms with Gasteiger partial charge >= 0.3 is 0 Å². The molecule has 1 aromatic heterocycles. The first-order chi connectivity index (χ1) is 15.1. The number of nitro groups is 1. The molecule has 0 saturated carbocycles. The molecule has 0 aliphatic carbocycles. The zero-order chi connectivity index (χ0) is 21.6. The maximum atomic E-state index is 11.3. The molecule has 0 radical (unpaired) electrons. The highest BCUT2D eigenvalue weighted by Gasteiger charge is 2.13. The number of nitrogens with one attached hydrogen (secondary N) is 1. The van der Waals surface area contributed by atoms with E-state index in [0.717, 1.165) is 41.2 Å². The van der Waals surface area contributed by atoms with Gasteiger partial charge in [0.15, 0.2) is 0 Å². The number of benzene rings is 3. The molecule has 0 amide bonds. The van der Waals surface area contributed by atoms with Crippen LogP contribution >= 0.6 is 0 Å². The Morgan fingerprint density at radius 1 is 1.00 bits per heavy atom. The van der Waals surface area contributed by atoms with Crippen LogP contribution in [-0.4, -0.2) is 16.5 Å². The van der Waals surface area contributed by atoms with Gasteiger partial charge in [0.1, 0.15) is 5.75 Å². The second-order valence-corrected chi connectivity index (χ2v) is 7.23. The van der Waals surface area contributed by atoms with Crippen LogP contribution in [-0.2, 0) is 0 Å². The molecule has 4 aromatic rings. The van der Waals surface area contributed by atoms with Gasteiger partial charge in [-0.15, -0.1) is 0 Å². The van der Waals surface area contributed by atoms with Gasteiger partial charge in [-0.25, -0.2) is 4.98 Å². The molecule has 4 rings (SSSR count). The second-order valence-electron chi connectivity index (χ2n) is 7.23. The van der Waals surface area contributed by atoms with Gasteiger partial charge in [-0.2, -0.15) is 0 Å². The number of hydrogen-bond acceptors (Lipinski definition) is 5. The fourth-order valence-corrected chi connectivity index (χ4v) is 3.31. The lowest BCUT2D eigenvalue weighted by molar-refractivity contribution is -0.384. The average Bonchev–Trinajstić information content (AvgIpc) is 2.80. The van der Waals surface area contributed by atoms with Gasteiger partial charge in [0.25, 0.3) is 5.69 Å². The van der Waals surface area contributed by atoms with E-state index in [9.17, 15) is 10.1 Å². The Hall–Kier alpha value is -3.93. The van der Waals surface area contributed by atoms with Crippen molar-refractivity contribution in [2.24, 2.45) is 0 Å². The van der Waals surface area contributed by atoms with Gasteiger partial charge in [-0.3, -0.25) is 10.1 Å². The van der Waals surface area contributed by atoms with Crippen molar-refractivity contribution < 1.29 is 9.66 Å². The molecule has 6 heteroatoms. The van der Waals surface area contributed by atoms with Crippen molar-refractivity contribution in [1.82, 2.24) is 4.98 Å². The number of aromatic nitrogens is 1. The molecule has 0 aliphatic rings. The Bertz CT molecular complexity index is 1190. The lowest BCUT2D eigenvalue weighted by atomic mass is 10.1. The molecule has 0 saturated heterocycles. The zero-order valence-electron chi connectivity index (χ0n) is 17.2. The number of unbranched alkanes of at least 4 members (excludes halogenated alkanes) is 1. The summed E-state index contributed by atoms with van der Waals surface area (Å²) in [6, 6.07) is 24.2. The van der Waals surface area contributed by atoms with Crippen LogP contribution in [0.15, 0.2) is 78.9 Å². The van der Waals surface area contributed by atoms with Crippen molar-refractivity contribution in [3.63, 3.8) is 0 Å². The highest BCUT2D eigenvalue weighted by Crippen LogP contribution is 2.33. The van der Waals surface area contributed by atoms with Crippen LogP contribution in [0.25, 0.3) is 22.2 Å². The number of pyridine rings is 1. The molecule has 1 heterocycles. The number of nitro benzene ring substituents is 1. The summed E-state index contributed by atoms with van der Waals surface area (Å²) in [6.45, 7) is 2.83. The maximum absolute atomic E-state index is 11.3. The summed E-state index contributed by atoms with van der Waals surface area (Å²) in [5, 5.41) is 15.4. The van der Waals surface area contributed by atoms with Crippen LogP contribution in [0.3, 0.4) is 0 Å². The normalized spacial score (nSPS) is 10.7. The monoisotopic (exact) mass is 413 g/mol. The summed E-state index contributed by atoms with van der Waals surface area (Å²) in [5.74, 6) is 0.819. The highest BCUT2D eigenvalue weighted by molar-refractivity contribution is 5.96. The van der Waals surface area contributed by atoms with Crippen molar-refractivity contribution >= 4 is 28.0 Å². The molecule has 31 heavy (non-hydrogen) atoms. The smallest absolute Gasteiger partial charge is 0.270 e. The highest BCUT2D eigenvalue weighted by atomic mass is 16.6. The van der Waals surface area contributed by atoms with Gasteiger partial charge in [-0.05, 0) is 42.8 Å².